The summed E-state index contributed by atoms with van der Waals surface area (Å²) in [6, 6.07) is 6.93. The zero-order chi connectivity index (χ0) is 19.7. The smallest absolute Gasteiger partial charge is 0.276 e. The van der Waals surface area contributed by atoms with E-state index in [2.05, 4.69) is 15.3 Å². The van der Waals surface area contributed by atoms with E-state index in [0.29, 0.717) is 27.9 Å². The summed E-state index contributed by atoms with van der Waals surface area (Å²) in [5.74, 6) is -1.43. The molecule has 3 heterocycles. The lowest BCUT2D eigenvalue weighted by molar-refractivity contribution is 0.102. The number of carbonyl (C=O) groups excluding carboxylic acids is 1. The first kappa shape index (κ1) is 18.1. The van der Waals surface area contributed by atoms with E-state index in [9.17, 15) is 13.6 Å². The number of halogens is 2. The predicted octanol–water partition coefficient (Wildman–Crippen LogP) is 4.21. The van der Waals surface area contributed by atoms with Crippen LogP contribution in [0.2, 0.25) is 0 Å². The fourth-order valence-corrected chi connectivity index (χ4v) is 3.33. The summed E-state index contributed by atoms with van der Waals surface area (Å²) in [6.45, 7) is 1.40. The lowest BCUT2D eigenvalue weighted by Gasteiger charge is -2.09. The van der Waals surface area contributed by atoms with Crippen LogP contribution in [0.4, 0.5) is 13.9 Å². The van der Waals surface area contributed by atoms with Gasteiger partial charge in [0.05, 0.1) is 11.3 Å². The number of carbonyl (C=O) groups is 1. The highest BCUT2D eigenvalue weighted by Crippen LogP contribution is 2.25. The van der Waals surface area contributed by atoms with Crippen LogP contribution in [0.1, 0.15) is 21.7 Å². The monoisotopic (exact) mass is 400 g/mol. The van der Waals surface area contributed by atoms with E-state index in [-0.39, 0.29) is 18.1 Å². The predicted molar refractivity (Wildman–Crippen MR) is 101 cm³/mol. The number of pyridine rings is 1. The quantitative estimate of drug-likeness (QED) is 0.545. The Balaban J connectivity index is 1.65. The standard InChI is InChI=1S/C19H14F2N4O2S/c1-11-16(18(26)24-19-22-7-9-28-19)25-8-3-6-15(17(25)23-11)27-10-12-13(20)4-2-5-14(12)21/h2-9H,10H2,1H3,(H,22,24,26). The number of fused-ring (bicyclic) bond motifs is 1. The van der Waals surface area contributed by atoms with Crippen molar-refractivity contribution in [2.24, 2.45) is 0 Å². The molecule has 0 atom stereocenters. The third-order valence-corrected chi connectivity index (χ3v) is 4.78. The number of anilines is 1. The molecule has 4 aromatic rings. The molecular weight excluding hydrogens is 386 g/mol. The van der Waals surface area contributed by atoms with E-state index < -0.39 is 11.6 Å². The van der Waals surface area contributed by atoms with Gasteiger partial charge in [0.2, 0.25) is 0 Å². The van der Waals surface area contributed by atoms with Gasteiger partial charge in [-0.05, 0) is 31.2 Å². The molecule has 0 saturated heterocycles. The van der Waals surface area contributed by atoms with Crippen molar-refractivity contribution in [3.05, 3.63) is 76.7 Å². The molecule has 0 spiro atoms. The summed E-state index contributed by atoms with van der Waals surface area (Å²) in [7, 11) is 0. The van der Waals surface area contributed by atoms with Gasteiger partial charge in [-0.1, -0.05) is 6.07 Å². The molecule has 0 aliphatic heterocycles. The largest absolute Gasteiger partial charge is 0.485 e. The number of benzene rings is 1. The molecule has 0 fully saturated rings. The number of rotatable bonds is 5. The van der Waals surface area contributed by atoms with Gasteiger partial charge >= 0.3 is 0 Å². The van der Waals surface area contributed by atoms with Gasteiger partial charge in [-0.2, -0.15) is 0 Å². The molecule has 6 nitrogen and oxygen atoms in total. The van der Waals surface area contributed by atoms with E-state index in [1.165, 1.54) is 29.5 Å². The molecule has 28 heavy (non-hydrogen) atoms. The van der Waals surface area contributed by atoms with Gasteiger partial charge in [0.25, 0.3) is 5.91 Å². The van der Waals surface area contributed by atoms with E-state index in [1.807, 2.05) is 0 Å². The minimum absolute atomic E-state index is 0.172. The van der Waals surface area contributed by atoms with Crippen LogP contribution in [0.15, 0.2) is 48.1 Å². The number of nitrogens with zero attached hydrogens (tertiary/aromatic N) is 3. The van der Waals surface area contributed by atoms with Crippen molar-refractivity contribution in [1.82, 2.24) is 14.4 Å². The molecule has 1 N–H and O–H groups in total. The van der Waals surface area contributed by atoms with E-state index in [4.69, 9.17) is 4.74 Å². The van der Waals surface area contributed by atoms with Gasteiger partial charge in [-0.15, -0.1) is 11.3 Å². The second-order valence-corrected chi connectivity index (χ2v) is 6.79. The number of imidazole rings is 1. The molecule has 1 aromatic carbocycles. The Bertz CT molecular complexity index is 1140. The van der Waals surface area contributed by atoms with Crippen molar-refractivity contribution in [2.45, 2.75) is 13.5 Å². The van der Waals surface area contributed by atoms with Crippen molar-refractivity contribution in [3.8, 4) is 5.75 Å². The Morgan fingerprint density at radius 1 is 1.25 bits per heavy atom. The first-order valence-electron chi connectivity index (χ1n) is 8.29. The molecule has 9 heteroatoms. The normalized spacial score (nSPS) is 11.0. The topological polar surface area (TPSA) is 68.5 Å². The Labute approximate surface area is 162 Å². The number of aromatic nitrogens is 3. The molecule has 0 saturated carbocycles. The second kappa shape index (κ2) is 7.35. The van der Waals surface area contributed by atoms with Crippen LogP contribution in [0.5, 0.6) is 5.75 Å². The molecule has 4 rings (SSSR count). The Hall–Kier alpha value is -3.33. The number of hydrogen-bond donors (Lipinski definition) is 1. The Morgan fingerprint density at radius 2 is 2.04 bits per heavy atom. The van der Waals surface area contributed by atoms with Crippen molar-refractivity contribution >= 4 is 28.0 Å². The van der Waals surface area contributed by atoms with Crippen LogP contribution in [0.25, 0.3) is 5.65 Å². The number of thiazole rings is 1. The minimum Gasteiger partial charge on any atom is -0.485 e. The molecule has 0 unspecified atom stereocenters. The van der Waals surface area contributed by atoms with Crippen LogP contribution >= 0.6 is 11.3 Å². The van der Waals surface area contributed by atoms with Crippen molar-refractivity contribution in [1.29, 1.82) is 0 Å². The summed E-state index contributed by atoms with van der Waals surface area (Å²) < 4.78 is 34.8. The van der Waals surface area contributed by atoms with Gasteiger partial charge in [-0.25, -0.2) is 18.7 Å². The van der Waals surface area contributed by atoms with Gasteiger partial charge in [0, 0.05) is 17.8 Å². The zero-order valence-corrected chi connectivity index (χ0v) is 15.5. The molecule has 0 aliphatic rings. The zero-order valence-electron chi connectivity index (χ0n) is 14.6. The van der Waals surface area contributed by atoms with Crippen molar-refractivity contribution in [2.75, 3.05) is 5.32 Å². The fraction of sp³-hybridized carbons (Fsp3) is 0.105. The van der Waals surface area contributed by atoms with Crippen molar-refractivity contribution < 1.29 is 18.3 Å². The lowest BCUT2D eigenvalue weighted by atomic mass is 10.2. The molecule has 0 aliphatic carbocycles. The number of hydrogen-bond acceptors (Lipinski definition) is 5. The minimum atomic E-state index is -0.685. The number of nitrogens with one attached hydrogen (secondary N) is 1. The average Bonchev–Trinajstić information content (AvgIpc) is 3.28. The van der Waals surface area contributed by atoms with Crippen LogP contribution in [0.3, 0.4) is 0 Å². The average molecular weight is 400 g/mol. The fourth-order valence-electron chi connectivity index (χ4n) is 2.80. The summed E-state index contributed by atoms with van der Waals surface area (Å²) in [4.78, 5) is 21.1. The molecule has 0 radical (unpaired) electrons. The second-order valence-electron chi connectivity index (χ2n) is 5.89. The molecule has 0 bridgehead atoms. The summed E-state index contributed by atoms with van der Waals surface area (Å²) >= 11 is 1.30. The highest BCUT2D eigenvalue weighted by molar-refractivity contribution is 7.13. The molecule has 3 aromatic heterocycles. The van der Waals surface area contributed by atoms with Crippen LogP contribution in [-0.4, -0.2) is 20.3 Å². The number of amides is 1. The Morgan fingerprint density at radius 3 is 2.75 bits per heavy atom. The molecule has 142 valence electrons. The van der Waals surface area contributed by atoms with Gasteiger partial charge in [0.15, 0.2) is 16.5 Å². The summed E-state index contributed by atoms with van der Waals surface area (Å²) in [5, 5.41) is 4.95. The summed E-state index contributed by atoms with van der Waals surface area (Å²) in [6.07, 6.45) is 3.26. The lowest BCUT2D eigenvalue weighted by Crippen LogP contribution is -2.15. The van der Waals surface area contributed by atoms with Gasteiger partial charge in [-0.3, -0.25) is 14.5 Å². The maximum atomic E-state index is 13.8. The Kier molecular flexibility index (Phi) is 4.74. The maximum absolute atomic E-state index is 13.8. The maximum Gasteiger partial charge on any atom is 0.276 e. The first-order valence-corrected chi connectivity index (χ1v) is 9.17. The van der Waals surface area contributed by atoms with Gasteiger partial charge in [0.1, 0.15) is 23.9 Å². The highest BCUT2D eigenvalue weighted by atomic mass is 32.1. The molecule has 1 amide bonds. The van der Waals surface area contributed by atoms with Crippen LogP contribution in [0, 0.1) is 18.6 Å². The third kappa shape index (κ3) is 3.31. The number of aryl methyl sites for hydroxylation is 1. The van der Waals surface area contributed by atoms with Gasteiger partial charge < -0.3 is 4.74 Å². The summed E-state index contributed by atoms with van der Waals surface area (Å²) in [5.41, 5.74) is 1.02. The van der Waals surface area contributed by atoms with E-state index >= 15 is 0 Å². The van der Waals surface area contributed by atoms with E-state index in [1.54, 1.807) is 41.2 Å². The number of ether oxygens (including phenoxy) is 1. The van der Waals surface area contributed by atoms with E-state index in [0.717, 1.165) is 0 Å². The third-order valence-electron chi connectivity index (χ3n) is 4.09. The SMILES string of the molecule is Cc1nc2c(OCc3c(F)cccc3F)cccn2c1C(=O)Nc1nccs1. The van der Waals surface area contributed by atoms with Crippen molar-refractivity contribution in [3.63, 3.8) is 0 Å². The first-order chi connectivity index (χ1) is 13.5. The van der Waals surface area contributed by atoms with Crippen LogP contribution < -0.4 is 10.1 Å². The van der Waals surface area contributed by atoms with Crippen LogP contribution in [-0.2, 0) is 6.61 Å². The highest BCUT2D eigenvalue weighted by Gasteiger charge is 2.20. The molecular formula is C19H14F2N4O2S.